The summed E-state index contributed by atoms with van der Waals surface area (Å²) >= 11 is 0. The van der Waals surface area contributed by atoms with Crippen molar-refractivity contribution in [3.63, 3.8) is 0 Å². The largest absolute Gasteiger partial charge is 0.466 e. The molecule has 0 bridgehead atoms. The molecule has 0 spiro atoms. The molecule has 30 heavy (non-hydrogen) atoms. The fourth-order valence-corrected chi connectivity index (χ4v) is 4.53. The first-order valence-electron chi connectivity index (χ1n) is 10.8. The van der Waals surface area contributed by atoms with Gasteiger partial charge in [-0.2, -0.15) is 5.06 Å². The van der Waals surface area contributed by atoms with Crippen molar-refractivity contribution in [1.29, 1.82) is 0 Å². The molecule has 1 fully saturated rings. The number of carbonyl (C=O) groups excluding carboxylic acids is 2. The number of methoxy groups -OCH3 is 1. The Bertz CT molecular complexity index is 741. The highest BCUT2D eigenvalue weighted by Gasteiger charge is 2.50. The van der Waals surface area contributed by atoms with E-state index in [9.17, 15) is 9.59 Å². The van der Waals surface area contributed by atoms with Crippen molar-refractivity contribution in [1.82, 2.24) is 10.4 Å². The average Bonchev–Trinajstić information content (AvgIpc) is 2.73. The topological polar surface area (TPSA) is 67.9 Å². The lowest BCUT2D eigenvalue weighted by Crippen LogP contribution is -2.66. The van der Waals surface area contributed by atoms with Crippen LogP contribution in [-0.4, -0.2) is 41.2 Å². The number of nitrogens with zero attached hydrogens (tertiary/aromatic N) is 1. The molecule has 2 rings (SSSR count). The number of amides is 1. The molecule has 1 N–H and O–H groups in total. The lowest BCUT2D eigenvalue weighted by Gasteiger charge is -2.57. The van der Waals surface area contributed by atoms with Gasteiger partial charge in [-0.1, -0.05) is 44.2 Å². The van der Waals surface area contributed by atoms with Crippen LogP contribution >= 0.6 is 0 Å². The zero-order valence-electron chi connectivity index (χ0n) is 19.1. The van der Waals surface area contributed by atoms with Gasteiger partial charge in [-0.3, -0.25) is 9.63 Å². The minimum atomic E-state index is -0.542. The van der Waals surface area contributed by atoms with Gasteiger partial charge in [-0.25, -0.2) is 4.79 Å². The smallest absolute Gasteiger partial charge is 0.330 e. The molecule has 1 aliphatic rings. The number of hydrogen-bond donors (Lipinski definition) is 1. The normalized spacial score (nSPS) is 21.9. The Balaban J connectivity index is 2.20. The van der Waals surface area contributed by atoms with E-state index in [1.807, 2.05) is 18.2 Å². The molecular formula is C24H36N2O4. The zero-order chi connectivity index (χ0) is 22.4. The lowest BCUT2D eigenvalue weighted by atomic mass is 9.74. The maximum absolute atomic E-state index is 12.3. The Morgan fingerprint density at radius 2 is 1.80 bits per heavy atom. The zero-order valence-corrected chi connectivity index (χ0v) is 19.1. The molecule has 1 amide bonds. The summed E-state index contributed by atoms with van der Waals surface area (Å²) in [5.41, 5.74) is 0.657. The Labute approximate surface area is 180 Å². The van der Waals surface area contributed by atoms with Crippen LogP contribution in [0.1, 0.15) is 72.0 Å². The van der Waals surface area contributed by atoms with Gasteiger partial charge in [0.25, 0.3) is 0 Å². The quantitative estimate of drug-likeness (QED) is 0.505. The van der Waals surface area contributed by atoms with E-state index < -0.39 is 5.97 Å². The van der Waals surface area contributed by atoms with Gasteiger partial charge in [-0.15, -0.1) is 0 Å². The lowest BCUT2D eigenvalue weighted by molar-refractivity contribution is -0.316. The molecular weight excluding hydrogens is 380 g/mol. The van der Waals surface area contributed by atoms with Crippen LogP contribution in [0.25, 0.3) is 0 Å². The van der Waals surface area contributed by atoms with Gasteiger partial charge in [0.05, 0.1) is 7.11 Å². The molecule has 0 aromatic heterocycles. The summed E-state index contributed by atoms with van der Waals surface area (Å²) < 4.78 is 4.55. The van der Waals surface area contributed by atoms with Crippen LogP contribution in [-0.2, 0) is 19.2 Å². The first-order valence-corrected chi connectivity index (χ1v) is 10.8. The van der Waals surface area contributed by atoms with E-state index in [0.29, 0.717) is 0 Å². The first-order chi connectivity index (χ1) is 14.2. The number of benzene rings is 1. The number of carbonyl (C=O) groups is 2. The molecule has 2 unspecified atom stereocenters. The van der Waals surface area contributed by atoms with Crippen molar-refractivity contribution in [3.8, 4) is 0 Å². The molecule has 1 aliphatic heterocycles. The van der Waals surface area contributed by atoms with Gasteiger partial charge in [0.15, 0.2) is 0 Å². The van der Waals surface area contributed by atoms with Crippen molar-refractivity contribution >= 4 is 11.9 Å². The van der Waals surface area contributed by atoms with Crippen molar-refractivity contribution < 1.29 is 19.2 Å². The molecule has 166 valence electrons. The average molecular weight is 417 g/mol. The second-order valence-electron chi connectivity index (χ2n) is 8.67. The highest BCUT2D eigenvalue weighted by atomic mass is 16.7. The van der Waals surface area contributed by atoms with Gasteiger partial charge in [0, 0.05) is 29.3 Å². The molecule has 1 aromatic carbocycles. The highest BCUT2D eigenvalue weighted by Crippen LogP contribution is 2.44. The van der Waals surface area contributed by atoms with Crippen LogP contribution in [0.2, 0.25) is 0 Å². The van der Waals surface area contributed by atoms with Crippen LogP contribution in [0.4, 0.5) is 0 Å². The molecule has 1 aromatic rings. The van der Waals surface area contributed by atoms with E-state index in [1.165, 1.54) is 13.2 Å². The van der Waals surface area contributed by atoms with Gasteiger partial charge in [0.1, 0.15) is 6.10 Å². The predicted octanol–water partition coefficient (Wildman–Crippen LogP) is 4.33. The summed E-state index contributed by atoms with van der Waals surface area (Å²) in [5.74, 6) is -0.825. The van der Waals surface area contributed by atoms with E-state index in [1.54, 1.807) is 0 Å². The van der Waals surface area contributed by atoms with Crippen molar-refractivity contribution in [2.75, 3.05) is 7.11 Å². The van der Waals surface area contributed by atoms with E-state index in [-0.39, 0.29) is 29.1 Å². The molecule has 0 saturated carbocycles. The van der Waals surface area contributed by atoms with E-state index in [4.69, 9.17) is 4.84 Å². The minimum absolute atomic E-state index is 0.0124. The SMILES string of the molecule is CCC1(CC)CC(NC(=O)C=CC(=O)OC)CC(C)(C)N1OC(C)c1ccccc1. The summed E-state index contributed by atoms with van der Waals surface area (Å²) in [7, 11) is 1.29. The van der Waals surface area contributed by atoms with Gasteiger partial charge >= 0.3 is 5.97 Å². The predicted molar refractivity (Wildman–Crippen MR) is 117 cm³/mol. The van der Waals surface area contributed by atoms with E-state index >= 15 is 0 Å². The molecule has 1 heterocycles. The second kappa shape index (κ2) is 10.2. The van der Waals surface area contributed by atoms with E-state index in [2.05, 4.69) is 61.9 Å². The molecule has 6 nitrogen and oxygen atoms in total. The monoisotopic (exact) mass is 416 g/mol. The van der Waals surface area contributed by atoms with Crippen LogP contribution in [0, 0.1) is 0 Å². The van der Waals surface area contributed by atoms with Crippen LogP contribution in [0.5, 0.6) is 0 Å². The molecule has 0 aliphatic carbocycles. The van der Waals surface area contributed by atoms with Gasteiger partial charge in [0.2, 0.25) is 5.91 Å². The summed E-state index contributed by atoms with van der Waals surface area (Å²) in [6.07, 6.45) is 5.64. The number of piperidine rings is 1. The standard InChI is InChI=1S/C24H36N2O4/c1-7-24(8-2)17-20(25-21(27)14-15-22(28)29-6)16-23(4,5)26(24)30-18(3)19-12-10-9-11-13-19/h9-15,18,20H,7-8,16-17H2,1-6H3,(H,25,27). The van der Waals surface area contributed by atoms with Gasteiger partial charge < -0.3 is 10.1 Å². The first kappa shape index (κ1) is 24.1. The van der Waals surface area contributed by atoms with Crippen molar-refractivity contribution in [2.45, 2.75) is 83.5 Å². The third kappa shape index (κ3) is 5.70. The summed E-state index contributed by atoms with van der Waals surface area (Å²) in [4.78, 5) is 30.2. The Morgan fingerprint density at radius 1 is 1.17 bits per heavy atom. The minimum Gasteiger partial charge on any atom is -0.466 e. The second-order valence-corrected chi connectivity index (χ2v) is 8.67. The third-order valence-electron chi connectivity index (χ3n) is 6.12. The number of hydrogen-bond acceptors (Lipinski definition) is 5. The Morgan fingerprint density at radius 3 is 2.37 bits per heavy atom. The number of rotatable bonds is 8. The van der Waals surface area contributed by atoms with Crippen molar-refractivity contribution in [3.05, 3.63) is 48.0 Å². The number of ether oxygens (including phenoxy) is 1. The maximum atomic E-state index is 12.3. The third-order valence-corrected chi connectivity index (χ3v) is 6.12. The molecule has 1 saturated heterocycles. The van der Waals surface area contributed by atoms with Crippen LogP contribution < -0.4 is 5.32 Å². The fourth-order valence-electron chi connectivity index (χ4n) is 4.53. The van der Waals surface area contributed by atoms with Crippen LogP contribution in [0.3, 0.4) is 0 Å². The number of hydroxylamine groups is 2. The summed E-state index contributed by atoms with van der Waals surface area (Å²) in [5, 5.41) is 5.25. The maximum Gasteiger partial charge on any atom is 0.330 e. The van der Waals surface area contributed by atoms with Crippen molar-refractivity contribution in [2.24, 2.45) is 0 Å². The summed E-state index contributed by atoms with van der Waals surface area (Å²) in [6.45, 7) is 10.7. The Kier molecular flexibility index (Phi) is 8.21. The molecule has 2 atom stereocenters. The van der Waals surface area contributed by atoms with Crippen LogP contribution in [0.15, 0.2) is 42.5 Å². The molecule has 6 heteroatoms. The summed E-state index contributed by atoms with van der Waals surface area (Å²) in [6, 6.07) is 10.2. The number of esters is 1. The van der Waals surface area contributed by atoms with Gasteiger partial charge in [-0.05, 0) is 52.0 Å². The Hall–Kier alpha value is -2.18. The van der Waals surface area contributed by atoms with E-state index in [0.717, 1.165) is 37.3 Å². The highest BCUT2D eigenvalue weighted by molar-refractivity contribution is 5.94. The number of nitrogens with one attached hydrogen (secondary N) is 1. The molecule has 0 radical (unpaired) electrons. The fraction of sp³-hybridized carbons (Fsp3) is 0.583.